The van der Waals surface area contributed by atoms with E-state index in [9.17, 15) is 4.79 Å². The molecule has 8 heteroatoms. The summed E-state index contributed by atoms with van der Waals surface area (Å²) in [6.07, 6.45) is 1.55. The predicted octanol–water partition coefficient (Wildman–Crippen LogP) is 6.37. The molecule has 0 radical (unpaired) electrons. The fourth-order valence-electron chi connectivity index (χ4n) is 0.914. The van der Waals surface area contributed by atoms with Crippen molar-refractivity contribution in [3.05, 3.63) is 37.8 Å². The fourth-order valence-corrected chi connectivity index (χ4v) is 2.51. The van der Waals surface area contributed by atoms with E-state index in [1.807, 2.05) is 0 Å². The maximum atomic E-state index is 11.4. The van der Waals surface area contributed by atoms with Crippen molar-refractivity contribution in [3.8, 4) is 5.75 Å². The molecule has 0 saturated carbocycles. The minimum Gasteiger partial charge on any atom is -0.415 e. The SMILES string of the molecule is C=CCSC(=O)Oc1c(Cl)c(Cl)c(Cl)c(Cl)c1Cl. The third-order valence-corrected chi connectivity index (χ3v) is 4.64. The Morgan fingerprint density at radius 3 is 1.94 bits per heavy atom. The standard InChI is InChI=1S/C10H5Cl5O2S/c1-2-3-18-10(16)17-9-7(14)5(12)4(11)6(13)8(9)15/h2H,1,3H2. The van der Waals surface area contributed by atoms with Crippen LogP contribution in [0.3, 0.4) is 0 Å². The summed E-state index contributed by atoms with van der Waals surface area (Å²) in [6.45, 7) is 3.47. The van der Waals surface area contributed by atoms with E-state index in [0.29, 0.717) is 5.75 Å². The van der Waals surface area contributed by atoms with Crippen LogP contribution in [0.4, 0.5) is 4.79 Å². The monoisotopic (exact) mass is 364 g/mol. The molecule has 98 valence electrons. The number of benzene rings is 1. The number of hydrogen-bond acceptors (Lipinski definition) is 3. The summed E-state index contributed by atoms with van der Waals surface area (Å²) < 4.78 is 4.98. The molecule has 0 fully saturated rings. The first-order valence-electron chi connectivity index (χ1n) is 4.37. The summed E-state index contributed by atoms with van der Waals surface area (Å²) in [5.74, 6) is 0.280. The molecule has 1 rings (SSSR count). The number of rotatable bonds is 3. The molecule has 18 heavy (non-hydrogen) atoms. The van der Waals surface area contributed by atoms with E-state index >= 15 is 0 Å². The van der Waals surface area contributed by atoms with Gasteiger partial charge in [-0.05, 0) is 11.8 Å². The molecule has 0 atom stereocenters. The lowest BCUT2D eigenvalue weighted by atomic mass is 10.3. The third-order valence-electron chi connectivity index (χ3n) is 1.67. The third kappa shape index (κ3) is 3.62. The Labute approximate surface area is 133 Å². The Kier molecular flexibility index (Phi) is 6.45. The highest BCUT2D eigenvalue weighted by Crippen LogP contribution is 2.48. The normalized spacial score (nSPS) is 10.3. The molecular weight excluding hydrogens is 361 g/mol. The maximum absolute atomic E-state index is 11.4. The van der Waals surface area contributed by atoms with Crippen molar-refractivity contribution in [3.63, 3.8) is 0 Å². The summed E-state index contributed by atoms with van der Waals surface area (Å²) in [4.78, 5) is 11.4. The van der Waals surface area contributed by atoms with Crippen LogP contribution < -0.4 is 4.74 Å². The second-order valence-corrected chi connectivity index (χ2v) is 5.70. The molecule has 0 saturated heterocycles. The van der Waals surface area contributed by atoms with Crippen molar-refractivity contribution in [2.45, 2.75) is 0 Å². The minimum absolute atomic E-state index is 0.00637. The first-order chi connectivity index (χ1) is 8.40. The Bertz CT molecular complexity index is 475. The van der Waals surface area contributed by atoms with Crippen LogP contribution in [0.5, 0.6) is 5.75 Å². The first-order valence-corrected chi connectivity index (χ1v) is 7.24. The Morgan fingerprint density at radius 2 is 1.50 bits per heavy atom. The van der Waals surface area contributed by atoms with Gasteiger partial charge in [-0.1, -0.05) is 64.1 Å². The Hall–Kier alpha value is 0.230. The highest BCUT2D eigenvalue weighted by Gasteiger charge is 2.22. The zero-order valence-corrected chi connectivity index (χ0v) is 13.2. The van der Waals surface area contributed by atoms with Crippen LogP contribution in [0.2, 0.25) is 25.1 Å². The second kappa shape index (κ2) is 7.13. The van der Waals surface area contributed by atoms with Crippen molar-refractivity contribution in [1.29, 1.82) is 0 Å². The van der Waals surface area contributed by atoms with E-state index < -0.39 is 5.30 Å². The molecule has 0 spiro atoms. The van der Waals surface area contributed by atoms with Crippen LogP contribution in [0, 0.1) is 0 Å². The van der Waals surface area contributed by atoms with Crippen molar-refractivity contribution in [1.82, 2.24) is 0 Å². The Balaban J connectivity index is 3.10. The number of hydrogen-bond donors (Lipinski definition) is 0. The van der Waals surface area contributed by atoms with Crippen LogP contribution in [0.25, 0.3) is 0 Å². The summed E-state index contributed by atoms with van der Waals surface area (Å²) in [5, 5.41) is -0.777. The lowest BCUT2D eigenvalue weighted by Gasteiger charge is -2.11. The van der Waals surface area contributed by atoms with Gasteiger partial charge in [0, 0.05) is 5.75 Å². The van der Waals surface area contributed by atoms with Crippen LogP contribution in [-0.2, 0) is 0 Å². The molecule has 1 aromatic carbocycles. The van der Waals surface area contributed by atoms with Crippen molar-refractivity contribution in [2.24, 2.45) is 0 Å². The molecule has 2 nitrogen and oxygen atoms in total. The van der Waals surface area contributed by atoms with E-state index in [-0.39, 0.29) is 30.9 Å². The van der Waals surface area contributed by atoms with Gasteiger partial charge in [-0.15, -0.1) is 6.58 Å². The van der Waals surface area contributed by atoms with Gasteiger partial charge >= 0.3 is 5.30 Å². The van der Waals surface area contributed by atoms with Crippen molar-refractivity contribution in [2.75, 3.05) is 5.75 Å². The lowest BCUT2D eigenvalue weighted by molar-refractivity contribution is 0.227. The van der Waals surface area contributed by atoms with E-state index in [4.69, 9.17) is 62.7 Å². The van der Waals surface area contributed by atoms with Gasteiger partial charge in [0.05, 0.1) is 15.1 Å². The molecule has 0 bridgehead atoms. The number of thioether (sulfide) groups is 1. The highest BCUT2D eigenvalue weighted by molar-refractivity contribution is 8.13. The van der Waals surface area contributed by atoms with Crippen molar-refractivity contribution >= 4 is 75.1 Å². The minimum atomic E-state index is -0.604. The van der Waals surface area contributed by atoms with E-state index in [0.717, 1.165) is 11.8 Å². The van der Waals surface area contributed by atoms with Gasteiger partial charge < -0.3 is 4.74 Å². The molecule has 0 aromatic heterocycles. The first kappa shape index (κ1) is 16.3. The van der Waals surface area contributed by atoms with Gasteiger partial charge in [0.1, 0.15) is 10.0 Å². The van der Waals surface area contributed by atoms with Crippen LogP contribution in [0.1, 0.15) is 0 Å². The van der Waals surface area contributed by atoms with E-state index in [1.54, 1.807) is 6.08 Å². The van der Waals surface area contributed by atoms with Gasteiger partial charge in [0.2, 0.25) is 0 Å². The average molecular weight is 366 g/mol. The van der Waals surface area contributed by atoms with Gasteiger partial charge in [-0.25, -0.2) is 4.79 Å². The van der Waals surface area contributed by atoms with Crippen LogP contribution in [-0.4, -0.2) is 11.1 Å². The van der Waals surface area contributed by atoms with Gasteiger partial charge in [0.15, 0.2) is 5.75 Å². The summed E-state index contributed by atoms with van der Waals surface area (Å²) in [7, 11) is 0. The Morgan fingerprint density at radius 1 is 1.06 bits per heavy atom. The second-order valence-electron chi connectivity index (χ2n) is 2.85. The largest absolute Gasteiger partial charge is 0.415 e. The lowest BCUT2D eigenvalue weighted by Crippen LogP contribution is -2.03. The van der Waals surface area contributed by atoms with Crippen molar-refractivity contribution < 1.29 is 9.53 Å². The van der Waals surface area contributed by atoms with Gasteiger partial charge in [-0.2, -0.15) is 0 Å². The van der Waals surface area contributed by atoms with Crippen LogP contribution >= 0.6 is 69.8 Å². The molecule has 1 aromatic rings. The molecule has 0 heterocycles. The summed E-state index contributed by atoms with van der Waals surface area (Å²) in [6, 6.07) is 0. The number of ether oxygens (including phenoxy) is 1. The van der Waals surface area contributed by atoms with Crippen LogP contribution in [0.15, 0.2) is 12.7 Å². The molecule has 0 unspecified atom stereocenters. The molecule has 0 N–H and O–H groups in total. The number of carbonyl (C=O) groups excluding carboxylic acids is 1. The smallest absolute Gasteiger partial charge is 0.373 e. The molecule has 0 amide bonds. The topological polar surface area (TPSA) is 26.3 Å². The predicted molar refractivity (Wildman–Crippen MR) is 80.2 cm³/mol. The average Bonchev–Trinajstić information content (AvgIpc) is 2.36. The summed E-state index contributed by atoms with van der Waals surface area (Å²) >= 11 is 30.1. The maximum Gasteiger partial charge on any atom is 0.373 e. The zero-order valence-electron chi connectivity index (χ0n) is 8.61. The zero-order chi connectivity index (χ0) is 13.9. The quantitative estimate of drug-likeness (QED) is 0.269. The number of halogens is 5. The molecular formula is C10H5Cl5O2S. The van der Waals surface area contributed by atoms with Gasteiger partial charge in [-0.3, -0.25) is 0 Å². The summed E-state index contributed by atoms with van der Waals surface area (Å²) in [5.41, 5.74) is 0. The molecule has 0 aliphatic carbocycles. The molecule has 0 aliphatic heterocycles. The molecule has 0 aliphatic rings. The van der Waals surface area contributed by atoms with Gasteiger partial charge in [0.25, 0.3) is 0 Å². The van der Waals surface area contributed by atoms with E-state index in [1.165, 1.54) is 0 Å². The van der Waals surface area contributed by atoms with E-state index in [2.05, 4.69) is 6.58 Å². The highest BCUT2D eigenvalue weighted by atomic mass is 35.5. The fraction of sp³-hybridized carbons (Fsp3) is 0.100. The number of carbonyl (C=O) groups is 1.